The Kier molecular flexibility index (Phi) is 5.21. The van der Waals surface area contributed by atoms with Crippen LogP contribution in [-0.2, 0) is 6.42 Å². The largest absolute Gasteiger partial charge is 0.361 e. The normalized spacial score (nSPS) is 13.3. The third kappa shape index (κ3) is 4.28. The number of rotatable bonds is 6. The summed E-state index contributed by atoms with van der Waals surface area (Å²) in [6, 6.07) is 12.9. The second-order valence-electron chi connectivity index (χ2n) is 6.93. The zero-order chi connectivity index (χ0) is 19.5. The lowest BCUT2D eigenvalue weighted by molar-refractivity contribution is 0.0951. The van der Waals surface area contributed by atoms with Crippen LogP contribution in [0.25, 0.3) is 10.9 Å². The molecule has 144 valence electrons. The minimum Gasteiger partial charge on any atom is -0.361 e. The first-order valence-electron chi connectivity index (χ1n) is 9.30. The number of benzene rings is 2. The van der Waals surface area contributed by atoms with Crippen LogP contribution < -0.4 is 16.0 Å². The average molecular weight is 397 g/mol. The van der Waals surface area contributed by atoms with Crippen molar-refractivity contribution in [1.82, 2.24) is 15.6 Å². The molecule has 0 saturated heterocycles. The molecule has 1 fully saturated rings. The minimum atomic E-state index is -0.323. The Morgan fingerprint density at radius 2 is 1.96 bits per heavy atom. The van der Waals surface area contributed by atoms with Crippen molar-refractivity contribution < 1.29 is 9.59 Å². The Balaban J connectivity index is 1.32. The molecule has 4 N–H and O–H groups in total. The van der Waals surface area contributed by atoms with Gasteiger partial charge in [-0.15, -0.1) is 0 Å². The number of carbonyl (C=O) groups is 2. The minimum absolute atomic E-state index is 0.212. The van der Waals surface area contributed by atoms with Gasteiger partial charge in [-0.25, -0.2) is 4.79 Å². The fourth-order valence-corrected chi connectivity index (χ4v) is 3.30. The Morgan fingerprint density at radius 1 is 1.14 bits per heavy atom. The summed E-state index contributed by atoms with van der Waals surface area (Å²) in [6.45, 7) is 0.496. The summed E-state index contributed by atoms with van der Waals surface area (Å²) in [6.07, 6.45) is 4.68. The van der Waals surface area contributed by atoms with Crippen LogP contribution >= 0.6 is 11.6 Å². The van der Waals surface area contributed by atoms with Gasteiger partial charge in [-0.2, -0.15) is 0 Å². The number of anilines is 1. The van der Waals surface area contributed by atoms with E-state index in [0.717, 1.165) is 29.3 Å². The number of halogens is 1. The first kappa shape index (κ1) is 18.4. The van der Waals surface area contributed by atoms with Crippen molar-refractivity contribution in [2.75, 3.05) is 11.9 Å². The Hall–Kier alpha value is -2.99. The molecular weight excluding hydrogens is 376 g/mol. The molecular formula is C21H21ClN4O2. The summed E-state index contributed by atoms with van der Waals surface area (Å²) in [4.78, 5) is 27.7. The van der Waals surface area contributed by atoms with Crippen LogP contribution in [0, 0.1) is 0 Å². The van der Waals surface area contributed by atoms with E-state index in [1.54, 1.807) is 18.2 Å². The predicted molar refractivity (Wildman–Crippen MR) is 111 cm³/mol. The molecule has 2 aromatic carbocycles. The summed E-state index contributed by atoms with van der Waals surface area (Å²) >= 11 is 6.13. The van der Waals surface area contributed by atoms with E-state index in [0.29, 0.717) is 29.2 Å². The summed E-state index contributed by atoms with van der Waals surface area (Å²) in [5, 5.41) is 10.0. The molecule has 4 rings (SSSR count). The third-order valence-corrected chi connectivity index (χ3v) is 5.07. The van der Waals surface area contributed by atoms with Crippen molar-refractivity contribution in [3.8, 4) is 0 Å². The molecule has 0 radical (unpaired) electrons. The number of para-hydroxylation sites is 1. The van der Waals surface area contributed by atoms with Gasteiger partial charge < -0.3 is 20.9 Å². The Bertz CT molecular complexity index is 1030. The predicted octanol–water partition coefficient (Wildman–Crippen LogP) is 4.08. The lowest BCUT2D eigenvalue weighted by Gasteiger charge is -2.10. The lowest BCUT2D eigenvalue weighted by Crippen LogP contribution is -2.30. The van der Waals surface area contributed by atoms with Crippen molar-refractivity contribution >= 4 is 40.1 Å². The highest BCUT2D eigenvalue weighted by molar-refractivity contribution is 6.34. The van der Waals surface area contributed by atoms with E-state index >= 15 is 0 Å². The van der Waals surface area contributed by atoms with Crippen molar-refractivity contribution in [2.24, 2.45) is 0 Å². The maximum atomic E-state index is 12.2. The van der Waals surface area contributed by atoms with Crippen molar-refractivity contribution in [3.63, 3.8) is 0 Å². The molecule has 7 heteroatoms. The van der Waals surface area contributed by atoms with E-state index in [9.17, 15) is 9.59 Å². The van der Waals surface area contributed by atoms with Crippen LogP contribution in [0.5, 0.6) is 0 Å². The summed E-state index contributed by atoms with van der Waals surface area (Å²) in [5.41, 5.74) is 3.13. The molecule has 3 aromatic rings. The van der Waals surface area contributed by atoms with Gasteiger partial charge in [-0.1, -0.05) is 29.8 Å². The zero-order valence-corrected chi connectivity index (χ0v) is 16.0. The van der Waals surface area contributed by atoms with Crippen LogP contribution in [0.2, 0.25) is 5.02 Å². The summed E-state index contributed by atoms with van der Waals surface area (Å²) in [7, 11) is 0. The molecule has 0 aliphatic heterocycles. The highest BCUT2D eigenvalue weighted by Gasteiger charge is 2.24. The molecule has 0 bridgehead atoms. The molecule has 28 heavy (non-hydrogen) atoms. The molecule has 0 spiro atoms. The van der Waals surface area contributed by atoms with E-state index < -0.39 is 0 Å². The number of hydrogen-bond acceptors (Lipinski definition) is 2. The maximum Gasteiger partial charge on any atom is 0.319 e. The second kappa shape index (κ2) is 7.94. The molecule has 3 amide bonds. The first-order chi connectivity index (χ1) is 13.6. The fourth-order valence-electron chi connectivity index (χ4n) is 3.09. The quantitative estimate of drug-likeness (QED) is 0.506. The van der Waals surface area contributed by atoms with Crippen molar-refractivity contribution in [1.29, 1.82) is 0 Å². The molecule has 0 unspecified atom stereocenters. The van der Waals surface area contributed by atoms with Gasteiger partial charge in [0.2, 0.25) is 0 Å². The van der Waals surface area contributed by atoms with Crippen LogP contribution in [0.1, 0.15) is 28.8 Å². The summed E-state index contributed by atoms with van der Waals surface area (Å²) in [5.74, 6) is -0.212. The highest BCUT2D eigenvalue weighted by Crippen LogP contribution is 2.24. The van der Waals surface area contributed by atoms with Gasteiger partial charge in [0.05, 0.1) is 10.6 Å². The SMILES string of the molecule is O=C(NCCc1c[nH]c2ccccc12)Nc1ccc(Cl)c(C(=O)NC2CC2)c1. The second-order valence-corrected chi connectivity index (χ2v) is 7.34. The first-order valence-corrected chi connectivity index (χ1v) is 9.68. The van der Waals surface area contributed by atoms with E-state index in [-0.39, 0.29) is 18.0 Å². The average Bonchev–Trinajstić information content (AvgIpc) is 3.41. The van der Waals surface area contributed by atoms with Crippen LogP contribution in [0.4, 0.5) is 10.5 Å². The smallest absolute Gasteiger partial charge is 0.319 e. The van der Waals surface area contributed by atoms with Crippen LogP contribution in [-0.4, -0.2) is 29.5 Å². The van der Waals surface area contributed by atoms with Crippen molar-refractivity contribution in [3.05, 3.63) is 64.8 Å². The van der Waals surface area contributed by atoms with Crippen molar-refractivity contribution in [2.45, 2.75) is 25.3 Å². The van der Waals surface area contributed by atoms with E-state index in [1.165, 1.54) is 0 Å². The van der Waals surface area contributed by atoms with Gasteiger partial charge in [0.25, 0.3) is 5.91 Å². The topological polar surface area (TPSA) is 86.0 Å². The molecule has 1 aliphatic carbocycles. The number of nitrogens with one attached hydrogen (secondary N) is 4. The number of aromatic nitrogens is 1. The monoisotopic (exact) mass is 396 g/mol. The number of aromatic amines is 1. The number of carbonyl (C=O) groups excluding carboxylic acids is 2. The van der Waals surface area contributed by atoms with Gasteiger partial charge in [0, 0.05) is 35.4 Å². The number of fused-ring (bicyclic) bond motifs is 1. The molecule has 6 nitrogen and oxygen atoms in total. The van der Waals surface area contributed by atoms with Gasteiger partial charge in [-0.05, 0) is 49.1 Å². The van der Waals surface area contributed by atoms with E-state index in [1.807, 2.05) is 24.4 Å². The fraction of sp³-hybridized carbons (Fsp3) is 0.238. The van der Waals surface area contributed by atoms with Gasteiger partial charge >= 0.3 is 6.03 Å². The van der Waals surface area contributed by atoms with Crippen LogP contribution in [0.15, 0.2) is 48.7 Å². The van der Waals surface area contributed by atoms with Crippen LogP contribution in [0.3, 0.4) is 0 Å². The number of H-pyrrole nitrogens is 1. The molecule has 1 heterocycles. The van der Waals surface area contributed by atoms with E-state index in [4.69, 9.17) is 11.6 Å². The number of hydrogen-bond donors (Lipinski definition) is 4. The van der Waals surface area contributed by atoms with Gasteiger partial charge in [0.15, 0.2) is 0 Å². The zero-order valence-electron chi connectivity index (χ0n) is 15.2. The molecule has 1 aromatic heterocycles. The lowest BCUT2D eigenvalue weighted by atomic mass is 10.1. The number of urea groups is 1. The van der Waals surface area contributed by atoms with Gasteiger partial charge in [0.1, 0.15) is 0 Å². The Morgan fingerprint density at radius 3 is 2.79 bits per heavy atom. The standard InChI is InChI=1S/C21H21ClN4O2/c22-18-8-7-15(11-17(18)20(27)25-14-5-6-14)26-21(28)23-10-9-13-12-24-19-4-2-1-3-16(13)19/h1-4,7-8,11-12,14,24H,5-6,9-10H2,(H,25,27)(H2,23,26,28). The van der Waals surface area contributed by atoms with Gasteiger partial charge in [-0.3, -0.25) is 4.79 Å². The summed E-state index contributed by atoms with van der Waals surface area (Å²) < 4.78 is 0. The molecule has 0 atom stereocenters. The highest BCUT2D eigenvalue weighted by atomic mass is 35.5. The molecule has 1 saturated carbocycles. The maximum absolute atomic E-state index is 12.2. The Labute approximate surface area is 167 Å². The molecule has 1 aliphatic rings. The van der Waals surface area contributed by atoms with E-state index in [2.05, 4.69) is 27.0 Å². The third-order valence-electron chi connectivity index (χ3n) is 4.74. The number of amides is 3.